The van der Waals surface area contributed by atoms with Crippen LogP contribution in [0.5, 0.6) is 0 Å². The van der Waals surface area contributed by atoms with E-state index in [4.69, 9.17) is 11.6 Å². The van der Waals surface area contributed by atoms with Crippen molar-refractivity contribution in [3.63, 3.8) is 0 Å². The Balaban J connectivity index is 1.61. The Bertz CT molecular complexity index is 1020. The number of halogens is 1. The van der Waals surface area contributed by atoms with Gasteiger partial charge in [-0.3, -0.25) is 13.8 Å². The standard InChI is InChI=1S/C20H21ClN4O2S/c1-20(27)6-9-24(10-7-20)19(26)13-3-4-16(23-12-13)17-11-14-15(21)5-8-22-18(14)25(17)28-2/h3-5,8,11-12,27H,6-7,9-10H2,1-2H3. The highest BCUT2D eigenvalue weighted by atomic mass is 35.5. The lowest BCUT2D eigenvalue weighted by Crippen LogP contribution is -2.45. The van der Waals surface area contributed by atoms with Gasteiger partial charge in [-0.2, -0.15) is 0 Å². The molecule has 8 heteroatoms. The second-order valence-corrected chi connectivity index (χ2v) is 8.40. The number of aliphatic hydroxyl groups is 1. The summed E-state index contributed by atoms with van der Waals surface area (Å²) in [4.78, 5) is 23.5. The summed E-state index contributed by atoms with van der Waals surface area (Å²) in [5, 5.41) is 11.6. The van der Waals surface area contributed by atoms with Crippen LogP contribution in [0, 0.1) is 0 Å². The van der Waals surface area contributed by atoms with Crippen LogP contribution < -0.4 is 0 Å². The fraction of sp³-hybridized carbons (Fsp3) is 0.350. The zero-order valence-electron chi connectivity index (χ0n) is 15.7. The number of nitrogens with zero attached hydrogens (tertiary/aromatic N) is 4. The molecule has 1 aliphatic rings. The van der Waals surface area contributed by atoms with Gasteiger partial charge in [0.05, 0.1) is 27.6 Å². The molecule has 6 nitrogen and oxygen atoms in total. The van der Waals surface area contributed by atoms with E-state index in [2.05, 4.69) is 9.97 Å². The van der Waals surface area contributed by atoms with Gasteiger partial charge in [0.2, 0.25) is 0 Å². The summed E-state index contributed by atoms with van der Waals surface area (Å²) >= 11 is 7.83. The second-order valence-electron chi connectivity index (χ2n) is 7.26. The normalized spacial score (nSPS) is 16.5. The van der Waals surface area contributed by atoms with E-state index in [9.17, 15) is 9.90 Å². The van der Waals surface area contributed by atoms with Gasteiger partial charge in [0.1, 0.15) is 0 Å². The van der Waals surface area contributed by atoms with Crippen molar-refractivity contribution in [2.45, 2.75) is 25.4 Å². The predicted octanol–water partition coefficient (Wildman–Crippen LogP) is 3.86. The Morgan fingerprint density at radius 3 is 2.64 bits per heavy atom. The second kappa shape index (κ2) is 7.39. The molecule has 1 fully saturated rings. The van der Waals surface area contributed by atoms with Crippen molar-refractivity contribution in [3.8, 4) is 11.4 Å². The average Bonchev–Trinajstić information content (AvgIpc) is 3.07. The molecule has 0 atom stereocenters. The van der Waals surface area contributed by atoms with Gasteiger partial charge in [-0.15, -0.1) is 0 Å². The molecule has 3 aromatic heterocycles. The average molecular weight is 417 g/mol. The highest BCUT2D eigenvalue weighted by Crippen LogP contribution is 2.33. The summed E-state index contributed by atoms with van der Waals surface area (Å²) in [7, 11) is 0. The van der Waals surface area contributed by atoms with Crippen LogP contribution in [0.25, 0.3) is 22.4 Å². The quantitative estimate of drug-likeness (QED) is 0.701. The lowest BCUT2D eigenvalue weighted by molar-refractivity contribution is -0.00203. The minimum atomic E-state index is -0.681. The Hall–Kier alpha value is -2.09. The van der Waals surface area contributed by atoms with Crippen molar-refractivity contribution in [1.82, 2.24) is 18.8 Å². The minimum absolute atomic E-state index is 0.0512. The van der Waals surface area contributed by atoms with Crippen molar-refractivity contribution in [2.75, 3.05) is 19.3 Å². The maximum Gasteiger partial charge on any atom is 0.255 e. The van der Waals surface area contributed by atoms with E-state index >= 15 is 0 Å². The molecule has 0 saturated carbocycles. The monoisotopic (exact) mass is 416 g/mol. The largest absolute Gasteiger partial charge is 0.390 e. The van der Waals surface area contributed by atoms with Gasteiger partial charge < -0.3 is 10.0 Å². The van der Waals surface area contributed by atoms with Crippen LogP contribution in [0.3, 0.4) is 0 Å². The smallest absolute Gasteiger partial charge is 0.255 e. The van der Waals surface area contributed by atoms with Crippen molar-refractivity contribution in [3.05, 3.63) is 47.2 Å². The molecule has 28 heavy (non-hydrogen) atoms. The molecule has 1 saturated heterocycles. The molecule has 0 bridgehead atoms. The topological polar surface area (TPSA) is 71.2 Å². The van der Waals surface area contributed by atoms with Crippen molar-refractivity contribution >= 4 is 40.5 Å². The first-order valence-electron chi connectivity index (χ1n) is 9.08. The molecule has 4 heterocycles. The van der Waals surface area contributed by atoms with Gasteiger partial charge in [0, 0.05) is 37.1 Å². The zero-order valence-corrected chi connectivity index (χ0v) is 17.3. The molecule has 3 aromatic rings. The Morgan fingerprint density at radius 2 is 2.00 bits per heavy atom. The molecule has 146 valence electrons. The molecule has 0 radical (unpaired) electrons. The number of likely N-dealkylation sites (tertiary alicyclic amines) is 1. The Labute approximate surface area is 172 Å². The summed E-state index contributed by atoms with van der Waals surface area (Å²) in [6.07, 6.45) is 6.44. The first-order valence-corrected chi connectivity index (χ1v) is 10.6. The maximum atomic E-state index is 12.7. The summed E-state index contributed by atoms with van der Waals surface area (Å²) in [6.45, 7) is 2.92. The van der Waals surface area contributed by atoms with Gasteiger partial charge in [-0.05, 0) is 56.0 Å². The molecular weight excluding hydrogens is 396 g/mol. The third-order valence-electron chi connectivity index (χ3n) is 5.19. The van der Waals surface area contributed by atoms with Crippen LogP contribution in [0.2, 0.25) is 5.02 Å². The number of hydrogen-bond donors (Lipinski definition) is 1. The number of hydrogen-bond acceptors (Lipinski definition) is 5. The van der Waals surface area contributed by atoms with E-state index in [1.807, 2.05) is 29.3 Å². The lowest BCUT2D eigenvalue weighted by Gasteiger charge is -2.35. The van der Waals surface area contributed by atoms with Gasteiger partial charge in [0.25, 0.3) is 5.91 Å². The SMILES string of the molecule is CSn1c(-c2ccc(C(=O)N3CCC(C)(O)CC3)cn2)cc2c(Cl)ccnc21. The number of carbonyl (C=O) groups excluding carboxylic acids is 1. The van der Waals surface area contributed by atoms with E-state index in [1.165, 1.54) is 11.9 Å². The molecule has 0 aliphatic carbocycles. The number of pyridine rings is 2. The molecule has 1 amide bonds. The highest BCUT2D eigenvalue weighted by molar-refractivity contribution is 7.97. The van der Waals surface area contributed by atoms with Crippen LogP contribution in [0.4, 0.5) is 0 Å². The van der Waals surface area contributed by atoms with E-state index in [1.54, 1.807) is 29.4 Å². The van der Waals surface area contributed by atoms with Crippen LogP contribution in [0.1, 0.15) is 30.1 Å². The molecule has 0 aromatic carbocycles. The fourth-order valence-electron chi connectivity index (χ4n) is 3.45. The van der Waals surface area contributed by atoms with E-state index in [-0.39, 0.29) is 5.91 Å². The van der Waals surface area contributed by atoms with E-state index in [0.717, 1.165) is 22.4 Å². The van der Waals surface area contributed by atoms with Crippen LogP contribution in [0.15, 0.2) is 36.7 Å². The zero-order chi connectivity index (χ0) is 19.9. The van der Waals surface area contributed by atoms with Crippen molar-refractivity contribution in [2.24, 2.45) is 0 Å². The summed E-state index contributed by atoms with van der Waals surface area (Å²) in [5.41, 5.74) is 2.29. The number of carbonyl (C=O) groups is 1. The summed E-state index contributed by atoms with van der Waals surface area (Å²) in [5.74, 6) is -0.0512. The van der Waals surface area contributed by atoms with Gasteiger partial charge >= 0.3 is 0 Å². The first kappa shape index (κ1) is 19.2. The first-order chi connectivity index (χ1) is 13.4. The fourth-order valence-corrected chi connectivity index (χ4v) is 4.31. The van der Waals surface area contributed by atoms with Crippen LogP contribution in [-0.4, -0.2) is 54.8 Å². The van der Waals surface area contributed by atoms with E-state index < -0.39 is 5.60 Å². The van der Waals surface area contributed by atoms with Crippen LogP contribution in [-0.2, 0) is 0 Å². The molecule has 0 unspecified atom stereocenters. The number of fused-ring (bicyclic) bond motifs is 1. The number of aromatic nitrogens is 3. The lowest BCUT2D eigenvalue weighted by atomic mass is 9.93. The molecule has 0 spiro atoms. The third kappa shape index (κ3) is 3.50. The van der Waals surface area contributed by atoms with Gasteiger partial charge in [0.15, 0.2) is 5.65 Å². The summed E-state index contributed by atoms with van der Waals surface area (Å²) in [6, 6.07) is 7.39. The molecule has 1 aliphatic heterocycles. The van der Waals surface area contributed by atoms with Crippen LogP contribution >= 0.6 is 23.5 Å². The number of rotatable bonds is 3. The number of piperidine rings is 1. The maximum absolute atomic E-state index is 12.7. The predicted molar refractivity (Wildman–Crippen MR) is 113 cm³/mol. The van der Waals surface area contributed by atoms with E-state index in [0.29, 0.717) is 36.5 Å². The third-order valence-corrected chi connectivity index (χ3v) is 6.26. The molecule has 1 N–H and O–H groups in total. The van der Waals surface area contributed by atoms with Gasteiger partial charge in [-0.1, -0.05) is 11.6 Å². The number of amides is 1. The van der Waals surface area contributed by atoms with Gasteiger partial charge in [-0.25, -0.2) is 4.98 Å². The Morgan fingerprint density at radius 1 is 1.25 bits per heavy atom. The van der Waals surface area contributed by atoms with Crippen molar-refractivity contribution < 1.29 is 9.90 Å². The molecule has 4 rings (SSSR count). The van der Waals surface area contributed by atoms with Crippen molar-refractivity contribution in [1.29, 1.82) is 0 Å². The summed E-state index contributed by atoms with van der Waals surface area (Å²) < 4.78 is 1.98. The minimum Gasteiger partial charge on any atom is -0.390 e. The highest BCUT2D eigenvalue weighted by Gasteiger charge is 2.30. The molecular formula is C20H21ClN4O2S. The Kier molecular flexibility index (Phi) is 5.07.